The molecule has 0 amide bonds. The maximum atomic E-state index is 2.21. The van der Waals surface area contributed by atoms with E-state index in [0.29, 0.717) is 0 Å². The minimum Gasteiger partial charge on any atom is -0.0847 e. The molecule has 0 spiro atoms. The van der Waals surface area contributed by atoms with Gasteiger partial charge in [-0.15, -0.1) is 0 Å². The molecule has 14 heavy (non-hydrogen) atoms. The minimum absolute atomic E-state index is 1.10. The zero-order valence-electron chi connectivity index (χ0n) is 10.1. The molecule has 0 saturated carbocycles. The number of hydrogen-bond donors (Lipinski definition) is 0. The maximum absolute atomic E-state index is 2.21. The van der Waals surface area contributed by atoms with Crippen molar-refractivity contribution in [3.8, 4) is 0 Å². The van der Waals surface area contributed by atoms with Crippen LogP contribution < -0.4 is 0 Å². The molecular weight excluding hydrogens is 168 g/mol. The molecular formula is C14H22. The van der Waals surface area contributed by atoms with E-state index in [1.807, 2.05) is 0 Å². The first-order valence-electron chi connectivity index (χ1n) is 5.26. The fourth-order valence-corrected chi connectivity index (χ4v) is 1.20. The molecule has 0 aliphatic heterocycles. The van der Waals surface area contributed by atoms with Gasteiger partial charge in [-0.1, -0.05) is 54.0 Å². The fourth-order valence-electron chi connectivity index (χ4n) is 1.20. The first-order chi connectivity index (χ1) is 6.60. The molecule has 0 rings (SSSR count). The largest absolute Gasteiger partial charge is 0.0847 e. The lowest BCUT2D eigenvalue weighted by Crippen LogP contribution is -1.75. The zero-order chi connectivity index (χ0) is 11.0. The Balaban J connectivity index is 4.49. The molecule has 0 aromatic rings. The molecule has 0 aromatic heterocycles. The van der Waals surface area contributed by atoms with Gasteiger partial charge in [0, 0.05) is 0 Å². The number of rotatable bonds is 4. The first-order valence-corrected chi connectivity index (χ1v) is 5.26. The highest BCUT2D eigenvalue weighted by Gasteiger charge is 1.86. The summed E-state index contributed by atoms with van der Waals surface area (Å²) in [6.45, 7) is 10.6. The average Bonchev–Trinajstić information content (AvgIpc) is 2.14. The molecule has 0 aliphatic rings. The van der Waals surface area contributed by atoms with Gasteiger partial charge in [0.2, 0.25) is 0 Å². The van der Waals surface area contributed by atoms with Gasteiger partial charge in [0.25, 0.3) is 0 Å². The summed E-state index contributed by atoms with van der Waals surface area (Å²) in [6.07, 6.45) is 12.0. The van der Waals surface area contributed by atoms with Crippen molar-refractivity contribution < 1.29 is 0 Å². The Labute approximate surface area is 88.7 Å². The summed E-state index contributed by atoms with van der Waals surface area (Å²) in [5.41, 5.74) is 3.93. The van der Waals surface area contributed by atoms with E-state index in [2.05, 4.69) is 65.0 Å². The standard InChI is InChI=1S/C14H22/c1-6-8-9-13(4)11-14(5)10-12(3)7-2/h7-11H,6H2,1-5H3/b9-8+,12-7+,13-11-,14-10-. The summed E-state index contributed by atoms with van der Waals surface area (Å²) in [7, 11) is 0. The van der Waals surface area contributed by atoms with Gasteiger partial charge in [-0.3, -0.25) is 0 Å². The fraction of sp³-hybridized carbons (Fsp3) is 0.429. The van der Waals surface area contributed by atoms with Gasteiger partial charge in [-0.05, 0) is 34.1 Å². The molecule has 0 heterocycles. The predicted octanol–water partition coefficient (Wildman–Crippen LogP) is 4.81. The third-order valence-corrected chi connectivity index (χ3v) is 1.98. The summed E-state index contributed by atoms with van der Waals surface area (Å²) in [4.78, 5) is 0. The van der Waals surface area contributed by atoms with Gasteiger partial charge in [-0.25, -0.2) is 0 Å². The SMILES string of the molecule is C/C=C(C)/C=C(C)\C=C(C)/C=C/CC. The normalized spacial score (nSPS) is 15.4. The highest BCUT2D eigenvalue weighted by atomic mass is 13.9. The summed E-state index contributed by atoms with van der Waals surface area (Å²) in [5, 5.41) is 0. The van der Waals surface area contributed by atoms with Gasteiger partial charge in [0.05, 0.1) is 0 Å². The number of hydrogen-bond acceptors (Lipinski definition) is 0. The van der Waals surface area contributed by atoms with Crippen molar-refractivity contribution in [3.05, 3.63) is 47.1 Å². The van der Waals surface area contributed by atoms with E-state index in [4.69, 9.17) is 0 Å². The lowest BCUT2D eigenvalue weighted by molar-refractivity contribution is 1.22. The molecule has 0 atom stereocenters. The Morgan fingerprint density at radius 3 is 2.00 bits per heavy atom. The van der Waals surface area contributed by atoms with Crippen molar-refractivity contribution in [1.29, 1.82) is 0 Å². The van der Waals surface area contributed by atoms with Crippen LogP contribution in [0.3, 0.4) is 0 Å². The highest BCUT2D eigenvalue weighted by molar-refractivity contribution is 5.32. The van der Waals surface area contributed by atoms with Crippen molar-refractivity contribution in [3.63, 3.8) is 0 Å². The van der Waals surface area contributed by atoms with E-state index in [1.165, 1.54) is 16.7 Å². The third-order valence-electron chi connectivity index (χ3n) is 1.98. The van der Waals surface area contributed by atoms with Gasteiger partial charge < -0.3 is 0 Å². The van der Waals surface area contributed by atoms with E-state index < -0.39 is 0 Å². The minimum atomic E-state index is 1.10. The van der Waals surface area contributed by atoms with Crippen molar-refractivity contribution in [2.24, 2.45) is 0 Å². The van der Waals surface area contributed by atoms with Crippen molar-refractivity contribution in [2.75, 3.05) is 0 Å². The molecule has 78 valence electrons. The van der Waals surface area contributed by atoms with Crippen LogP contribution in [0, 0.1) is 0 Å². The maximum Gasteiger partial charge on any atom is -0.0376 e. The van der Waals surface area contributed by atoms with E-state index >= 15 is 0 Å². The lowest BCUT2D eigenvalue weighted by Gasteiger charge is -1.96. The molecule has 0 bridgehead atoms. The smallest absolute Gasteiger partial charge is 0.0376 e. The highest BCUT2D eigenvalue weighted by Crippen LogP contribution is 2.07. The predicted molar refractivity (Wildman–Crippen MR) is 66.4 cm³/mol. The van der Waals surface area contributed by atoms with Crippen LogP contribution >= 0.6 is 0 Å². The molecule has 0 heteroatoms. The Bertz CT molecular complexity index is 272. The third kappa shape index (κ3) is 6.47. The van der Waals surface area contributed by atoms with Gasteiger partial charge >= 0.3 is 0 Å². The second-order valence-corrected chi connectivity index (χ2v) is 3.62. The van der Waals surface area contributed by atoms with E-state index in [9.17, 15) is 0 Å². The molecule has 0 unspecified atom stereocenters. The number of allylic oxidation sites excluding steroid dienone is 8. The van der Waals surface area contributed by atoms with Crippen molar-refractivity contribution >= 4 is 0 Å². The van der Waals surface area contributed by atoms with E-state index in [0.717, 1.165) is 6.42 Å². The van der Waals surface area contributed by atoms with E-state index in [1.54, 1.807) is 0 Å². The van der Waals surface area contributed by atoms with Crippen LogP contribution in [0.2, 0.25) is 0 Å². The molecule has 0 radical (unpaired) electrons. The van der Waals surface area contributed by atoms with Crippen molar-refractivity contribution in [1.82, 2.24) is 0 Å². The summed E-state index contributed by atoms with van der Waals surface area (Å²) in [5.74, 6) is 0. The Morgan fingerprint density at radius 2 is 1.50 bits per heavy atom. The van der Waals surface area contributed by atoms with Gasteiger partial charge in [0.1, 0.15) is 0 Å². The van der Waals surface area contributed by atoms with Gasteiger partial charge in [0.15, 0.2) is 0 Å². The van der Waals surface area contributed by atoms with Gasteiger partial charge in [-0.2, -0.15) is 0 Å². The van der Waals surface area contributed by atoms with Crippen LogP contribution in [-0.4, -0.2) is 0 Å². The Kier molecular flexibility index (Phi) is 6.82. The summed E-state index contributed by atoms with van der Waals surface area (Å²) < 4.78 is 0. The van der Waals surface area contributed by atoms with Crippen LogP contribution in [0.1, 0.15) is 41.0 Å². The topological polar surface area (TPSA) is 0 Å². The second kappa shape index (κ2) is 7.37. The monoisotopic (exact) mass is 190 g/mol. The Hall–Kier alpha value is -1.04. The van der Waals surface area contributed by atoms with Crippen LogP contribution in [0.5, 0.6) is 0 Å². The molecule has 0 aliphatic carbocycles. The van der Waals surface area contributed by atoms with Crippen LogP contribution in [-0.2, 0) is 0 Å². The van der Waals surface area contributed by atoms with Crippen LogP contribution in [0.4, 0.5) is 0 Å². The van der Waals surface area contributed by atoms with Crippen molar-refractivity contribution in [2.45, 2.75) is 41.0 Å². The average molecular weight is 190 g/mol. The Morgan fingerprint density at radius 1 is 0.929 bits per heavy atom. The second-order valence-electron chi connectivity index (χ2n) is 3.62. The summed E-state index contributed by atoms with van der Waals surface area (Å²) >= 11 is 0. The lowest BCUT2D eigenvalue weighted by atomic mass is 10.1. The summed E-state index contributed by atoms with van der Waals surface area (Å²) in [6, 6.07) is 0. The molecule has 0 saturated heterocycles. The zero-order valence-corrected chi connectivity index (χ0v) is 10.1. The quantitative estimate of drug-likeness (QED) is 0.558. The van der Waals surface area contributed by atoms with Crippen LogP contribution in [0.25, 0.3) is 0 Å². The van der Waals surface area contributed by atoms with E-state index in [-0.39, 0.29) is 0 Å². The molecule has 0 nitrogen and oxygen atoms in total. The molecule has 0 fully saturated rings. The molecule has 0 N–H and O–H groups in total. The van der Waals surface area contributed by atoms with Crippen LogP contribution in [0.15, 0.2) is 47.1 Å². The molecule has 0 aromatic carbocycles. The first kappa shape index (κ1) is 13.0.